The molecule has 0 saturated heterocycles. The summed E-state index contributed by atoms with van der Waals surface area (Å²) in [6.07, 6.45) is 6.74. The second kappa shape index (κ2) is 2.60. The van der Waals surface area contributed by atoms with Crippen molar-refractivity contribution in [3.63, 3.8) is 0 Å². The summed E-state index contributed by atoms with van der Waals surface area (Å²) < 4.78 is 0. The molecule has 2 heteroatoms. The fourth-order valence-corrected chi connectivity index (χ4v) is 2.85. The summed E-state index contributed by atoms with van der Waals surface area (Å²) in [6, 6.07) is 0. The Kier molecular flexibility index (Phi) is 1.76. The van der Waals surface area contributed by atoms with Gasteiger partial charge in [0.25, 0.3) is 0 Å². The van der Waals surface area contributed by atoms with Crippen molar-refractivity contribution < 1.29 is 4.79 Å². The van der Waals surface area contributed by atoms with Gasteiger partial charge in [-0.15, -0.1) is 0 Å². The van der Waals surface area contributed by atoms with E-state index in [1.165, 1.54) is 6.42 Å². The van der Waals surface area contributed by atoms with Gasteiger partial charge in [0.15, 0.2) is 0 Å². The first-order chi connectivity index (χ1) is 6.04. The van der Waals surface area contributed by atoms with Crippen molar-refractivity contribution >= 4 is 5.91 Å². The highest BCUT2D eigenvalue weighted by molar-refractivity contribution is 5.83. The number of rotatable bonds is 1. The highest BCUT2D eigenvalue weighted by Gasteiger charge is 2.50. The van der Waals surface area contributed by atoms with Crippen LogP contribution in [-0.2, 0) is 4.79 Å². The fourth-order valence-electron chi connectivity index (χ4n) is 2.85. The molecule has 0 N–H and O–H groups in total. The Labute approximate surface area is 79.6 Å². The molecule has 2 bridgehead atoms. The first kappa shape index (κ1) is 8.79. The molecule has 0 aromatic rings. The van der Waals surface area contributed by atoms with Crippen LogP contribution in [0.5, 0.6) is 0 Å². The molecular formula is C11H17NO. The molecule has 2 nitrogen and oxygen atoms in total. The molecule has 1 amide bonds. The zero-order chi connectivity index (χ0) is 9.64. The first-order valence-corrected chi connectivity index (χ1v) is 4.94. The maximum atomic E-state index is 11.9. The lowest BCUT2D eigenvalue weighted by Crippen LogP contribution is -2.40. The maximum absolute atomic E-state index is 11.9. The van der Waals surface area contributed by atoms with Crippen LogP contribution in [-0.4, -0.2) is 24.9 Å². The second-order valence-corrected chi connectivity index (χ2v) is 4.81. The molecule has 72 valence electrons. The van der Waals surface area contributed by atoms with E-state index in [0.29, 0.717) is 17.7 Å². The Bertz CT molecular complexity index is 269. The third kappa shape index (κ3) is 1.11. The number of fused-ring (bicyclic) bond motifs is 2. The van der Waals surface area contributed by atoms with Crippen LogP contribution >= 0.6 is 0 Å². The van der Waals surface area contributed by atoms with Gasteiger partial charge >= 0.3 is 0 Å². The van der Waals surface area contributed by atoms with Gasteiger partial charge < -0.3 is 4.90 Å². The lowest BCUT2D eigenvalue weighted by molar-refractivity contribution is -0.140. The van der Waals surface area contributed by atoms with Gasteiger partial charge in [-0.25, -0.2) is 0 Å². The van der Waals surface area contributed by atoms with E-state index in [2.05, 4.69) is 19.1 Å². The van der Waals surface area contributed by atoms with Crippen LogP contribution in [0.15, 0.2) is 12.2 Å². The lowest BCUT2D eigenvalue weighted by atomic mass is 9.76. The van der Waals surface area contributed by atoms with Crippen molar-refractivity contribution in [3.05, 3.63) is 12.2 Å². The van der Waals surface area contributed by atoms with Crippen LogP contribution in [0.4, 0.5) is 0 Å². The van der Waals surface area contributed by atoms with E-state index in [1.54, 1.807) is 4.90 Å². The minimum Gasteiger partial charge on any atom is -0.348 e. The van der Waals surface area contributed by atoms with E-state index in [1.807, 2.05) is 14.1 Å². The predicted molar refractivity (Wildman–Crippen MR) is 52.2 cm³/mol. The molecule has 0 aromatic heterocycles. The summed E-state index contributed by atoms with van der Waals surface area (Å²) in [5, 5.41) is 0. The number of hydrogen-bond acceptors (Lipinski definition) is 1. The Hall–Kier alpha value is -0.790. The Morgan fingerprint density at radius 2 is 2.15 bits per heavy atom. The van der Waals surface area contributed by atoms with Gasteiger partial charge in [0, 0.05) is 14.1 Å². The van der Waals surface area contributed by atoms with E-state index >= 15 is 0 Å². The third-order valence-corrected chi connectivity index (χ3v) is 3.57. The lowest BCUT2D eigenvalue weighted by Gasteiger charge is -2.32. The normalized spacial score (nSPS) is 41.2. The van der Waals surface area contributed by atoms with Crippen LogP contribution in [0.3, 0.4) is 0 Å². The number of hydrogen-bond donors (Lipinski definition) is 0. The molecule has 3 atom stereocenters. The zero-order valence-corrected chi connectivity index (χ0v) is 8.58. The van der Waals surface area contributed by atoms with Crippen LogP contribution in [0, 0.1) is 17.3 Å². The Balaban J connectivity index is 2.23. The molecule has 0 radical (unpaired) electrons. The van der Waals surface area contributed by atoms with Crippen LogP contribution in [0.25, 0.3) is 0 Å². The highest BCUT2D eigenvalue weighted by atomic mass is 16.2. The summed E-state index contributed by atoms with van der Waals surface area (Å²) in [6.45, 7) is 2.11. The molecule has 0 heterocycles. The monoisotopic (exact) mass is 179 g/mol. The van der Waals surface area contributed by atoms with E-state index in [-0.39, 0.29) is 5.41 Å². The number of carbonyl (C=O) groups excluding carboxylic acids is 1. The molecule has 0 spiro atoms. The van der Waals surface area contributed by atoms with Crippen molar-refractivity contribution in [3.8, 4) is 0 Å². The van der Waals surface area contributed by atoms with Crippen LogP contribution < -0.4 is 0 Å². The molecule has 0 aromatic carbocycles. The van der Waals surface area contributed by atoms with Crippen molar-refractivity contribution in [2.75, 3.05) is 14.1 Å². The summed E-state index contributed by atoms with van der Waals surface area (Å²) in [4.78, 5) is 13.7. The van der Waals surface area contributed by atoms with Crippen LogP contribution in [0.2, 0.25) is 0 Å². The average molecular weight is 179 g/mol. The molecule has 0 aliphatic heterocycles. The molecule has 2 aliphatic rings. The van der Waals surface area contributed by atoms with E-state index in [9.17, 15) is 4.79 Å². The summed E-state index contributed by atoms with van der Waals surface area (Å²) in [5.74, 6) is 1.45. The van der Waals surface area contributed by atoms with Gasteiger partial charge in [0.05, 0.1) is 5.41 Å². The van der Waals surface area contributed by atoms with Crippen molar-refractivity contribution in [1.29, 1.82) is 0 Å². The van der Waals surface area contributed by atoms with Gasteiger partial charge in [-0.05, 0) is 24.7 Å². The number of allylic oxidation sites excluding steroid dienone is 2. The summed E-state index contributed by atoms with van der Waals surface area (Å²) in [7, 11) is 3.70. The molecule has 2 aliphatic carbocycles. The van der Waals surface area contributed by atoms with Gasteiger partial charge in [-0.3, -0.25) is 4.79 Å². The summed E-state index contributed by atoms with van der Waals surface area (Å²) in [5.41, 5.74) is -0.108. The van der Waals surface area contributed by atoms with Gasteiger partial charge in [0.2, 0.25) is 5.91 Å². The van der Waals surface area contributed by atoms with Crippen LogP contribution in [0.1, 0.15) is 19.8 Å². The first-order valence-electron chi connectivity index (χ1n) is 4.94. The number of carbonyl (C=O) groups is 1. The van der Waals surface area contributed by atoms with Crippen molar-refractivity contribution in [1.82, 2.24) is 4.90 Å². The average Bonchev–Trinajstić information content (AvgIpc) is 2.62. The molecule has 1 fully saturated rings. The van der Waals surface area contributed by atoms with Gasteiger partial charge in [-0.1, -0.05) is 19.1 Å². The Morgan fingerprint density at radius 3 is 2.54 bits per heavy atom. The second-order valence-electron chi connectivity index (χ2n) is 4.81. The SMILES string of the molecule is CN(C)C(=O)[C@]1(C)C[C@H]2C=C[C@H]1C2. The molecule has 1 saturated carbocycles. The largest absolute Gasteiger partial charge is 0.348 e. The predicted octanol–water partition coefficient (Wildman–Crippen LogP) is 1.68. The van der Waals surface area contributed by atoms with Crippen molar-refractivity contribution in [2.45, 2.75) is 19.8 Å². The van der Waals surface area contributed by atoms with E-state index in [4.69, 9.17) is 0 Å². The topological polar surface area (TPSA) is 20.3 Å². The third-order valence-electron chi connectivity index (χ3n) is 3.57. The smallest absolute Gasteiger partial charge is 0.228 e. The Morgan fingerprint density at radius 1 is 1.46 bits per heavy atom. The molecule has 0 unspecified atom stereocenters. The minimum absolute atomic E-state index is 0.108. The highest BCUT2D eigenvalue weighted by Crippen LogP contribution is 2.52. The number of amides is 1. The molecule has 2 rings (SSSR count). The van der Waals surface area contributed by atoms with E-state index < -0.39 is 0 Å². The van der Waals surface area contributed by atoms with Gasteiger partial charge in [0.1, 0.15) is 0 Å². The standard InChI is InChI=1S/C11H17NO/c1-11(10(13)12(2)3)7-8-4-5-9(11)6-8/h4-5,8-9H,6-7H2,1-3H3/t8-,9-,11+/m0/s1. The van der Waals surface area contributed by atoms with E-state index in [0.717, 1.165) is 6.42 Å². The minimum atomic E-state index is -0.108. The number of nitrogens with zero attached hydrogens (tertiary/aromatic N) is 1. The fraction of sp³-hybridized carbons (Fsp3) is 0.727. The van der Waals surface area contributed by atoms with Gasteiger partial charge in [-0.2, -0.15) is 0 Å². The van der Waals surface area contributed by atoms with Crippen molar-refractivity contribution in [2.24, 2.45) is 17.3 Å². The summed E-state index contributed by atoms with van der Waals surface area (Å²) >= 11 is 0. The maximum Gasteiger partial charge on any atom is 0.228 e. The quantitative estimate of drug-likeness (QED) is 0.561. The molecular weight excluding hydrogens is 162 g/mol. The molecule has 13 heavy (non-hydrogen) atoms. The zero-order valence-electron chi connectivity index (χ0n) is 8.58.